The summed E-state index contributed by atoms with van der Waals surface area (Å²) in [5.41, 5.74) is 7.80. The zero-order valence-electron chi connectivity index (χ0n) is 19.2. The van der Waals surface area contributed by atoms with E-state index < -0.39 is 0 Å². The highest BCUT2D eigenvalue weighted by Crippen LogP contribution is 2.48. The van der Waals surface area contributed by atoms with Gasteiger partial charge >= 0.3 is 0 Å². The Kier molecular flexibility index (Phi) is 18.4. The molecule has 0 aromatic heterocycles. The SMILES string of the molecule is CCCCSc1c(SCCCSCC)c(C)c(C#N)c(SCCCN)c1SCCCS. The average Bonchev–Trinajstić information content (AvgIpc) is 2.77. The van der Waals surface area contributed by atoms with Crippen LogP contribution in [0.1, 0.15) is 57.1 Å². The summed E-state index contributed by atoms with van der Waals surface area (Å²) in [7, 11) is 0. The zero-order chi connectivity index (χ0) is 22.9. The first-order valence-electron chi connectivity index (χ1n) is 11.2. The van der Waals surface area contributed by atoms with Crippen molar-refractivity contribution in [1.82, 2.24) is 0 Å². The minimum Gasteiger partial charge on any atom is -0.330 e. The Morgan fingerprint density at radius 1 is 0.806 bits per heavy atom. The molecular formula is C23H38N2S6. The monoisotopic (exact) mass is 534 g/mol. The Bertz CT molecular complexity index is 675. The first-order chi connectivity index (χ1) is 15.2. The van der Waals surface area contributed by atoms with Gasteiger partial charge in [-0.15, -0.1) is 47.0 Å². The molecule has 0 amide bonds. The fraction of sp³-hybridized carbons (Fsp3) is 0.696. The Hall–Kier alpha value is 0.770. The van der Waals surface area contributed by atoms with Gasteiger partial charge in [-0.2, -0.15) is 29.7 Å². The Morgan fingerprint density at radius 2 is 1.39 bits per heavy atom. The minimum atomic E-state index is 0.692. The summed E-state index contributed by atoms with van der Waals surface area (Å²) in [5.74, 6) is 7.54. The van der Waals surface area contributed by atoms with Crippen LogP contribution in [-0.2, 0) is 0 Å². The van der Waals surface area contributed by atoms with Gasteiger partial charge in [0.2, 0.25) is 0 Å². The van der Waals surface area contributed by atoms with Crippen LogP contribution >= 0.6 is 71.4 Å². The second-order valence-corrected chi connectivity index (χ2v) is 13.2. The van der Waals surface area contributed by atoms with Crippen molar-refractivity contribution in [2.45, 2.75) is 72.5 Å². The van der Waals surface area contributed by atoms with Crippen LogP contribution in [0.25, 0.3) is 0 Å². The number of thiol groups is 1. The van der Waals surface area contributed by atoms with E-state index in [2.05, 4.69) is 39.5 Å². The number of hydrogen-bond acceptors (Lipinski definition) is 8. The maximum absolute atomic E-state index is 10.1. The third kappa shape index (κ3) is 10.7. The summed E-state index contributed by atoms with van der Waals surface area (Å²) in [5, 5.41) is 10.1. The third-order valence-electron chi connectivity index (χ3n) is 4.44. The van der Waals surface area contributed by atoms with Crippen molar-refractivity contribution in [1.29, 1.82) is 5.26 Å². The molecule has 8 heteroatoms. The molecule has 176 valence electrons. The summed E-state index contributed by atoms with van der Waals surface area (Å²) in [6.45, 7) is 7.32. The molecule has 0 aliphatic carbocycles. The summed E-state index contributed by atoms with van der Waals surface area (Å²) in [6, 6.07) is 2.56. The number of benzene rings is 1. The van der Waals surface area contributed by atoms with Crippen molar-refractivity contribution in [3.05, 3.63) is 11.1 Å². The van der Waals surface area contributed by atoms with E-state index in [9.17, 15) is 5.26 Å². The Balaban J connectivity index is 3.38. The van der Waals surface area contributed by atoms with Gasteiger partial charge in [0.05, 0.1) is 5.56 Å². The van der Waals surface area contributed by atoms with Crippen LogP contribution in [0, 0.1) is 18.3 Å². The van der Waals surface area contributed by atoms with Crippen molar-refractivity contribution < 1.29 is 0 Å². The predicted molar refractivity (Wildman–Crippen MR) is 153 cm³/mol. The second-order valence-electron chi connectivity index (χ2n) is 6.95. The summed E-state index contributed by atoms with van der Waals surface area (Å²) in [4.78, 5) is 5.27. The van der Waals surface area contributed by atoms with Crippen molar-refractivity contribution in [3.8, 4) is 6.07 Å². The largest absolute Gasteiger partial charge is 0.330 e. The fourth-order valence-electron chi connectivity index (χ4n) is 2.78. The van der Waals surface area contributed by atoms with E-state index in [0.717, 1.165) is 47.2 Å². The molecule has 0 unspecified atom stereocenters. The van der Waals surface area contributed by atoms with Crippen LogP contribution in [0.15, 0.2) is 19.6 Å². The highest BCUT2D eigenvalue weighted by molar-refractivity contribution is 8.05. The average molecular weight is 535 g/mol. The topological polar surface area (TPSA) is 49.8 Å². The maximum atomic E-state index is 10.1. The lowest BCUT2D eigenvalue weighted by Gasteiger charge is -2.22. The normalized spacial score (nSPS) is 11.1. The third-order valence-corrected chi connectivity index (χ3v) is 11.0. The summed E-state index contributed by atoms with van der Waals surface area (Å²) >= 11 is 14.1. The molecule has 2 N–H and O–H groups in total. The fourth-order valence-corrected chi connectivity index (χ4v) is 9.41. The van der Waals surface area contributed by atoms with Crippen LogP contribution in [0.3, 0.4) is 0 Å². The quantitative estimate of drug-likeness (QED) is 0.113. The molecule has 1 aromatic rings. The van der Waals surface area contributed by atoms with Gasteiger partial charge in [0.15, 0.2) is 0 Å². The summed E-state index contributed by atoms with van der Waals surface area (Å²) < 4.78 is 0. The molecule has 0 bridgehead atoms. The maximum Gasteiger partial charge on any atom is 0.101 e. The van der Waals surface area contributed by atoms with Gasteiger partial charge in [-0.25, -0.2) is 0 Å². The molecule has 0 aliphatic rings. The van der Waals surface area contributed by atoms with E-state index in [-0.39, 0.29) is 0 Å². The molecule has 31 heavy (non-hydrogen) atoms. The number of rotatable bonds is 18. The van der Waals surface area contributed by atoms with Crippen molar-refractivity contribution in [3.63, 3.8) is 0 Å². The standard InChI is InChI=1S/C23H38N2S6/c1-4-6-13-30-22-20(28-16-9-12-27-5-2)18(3)19(17-25)21(29-14-7-10-24)23(22)31-15-8-11-26/h26H,4-16,24H2,1-3H3. The molecular weight excluding hydrogens is 497 g/mol. The predicted octanol–water partition coefficient (Wildman–Crippen LogP) is 7.85. The molecule has 0 saturated carbocycles. The van der Waals surface area contributed by atoms with Gasteiger partial charge in [-0.05, 0) is 85.0 Å². The minimum absolute atomic E-state index is 0.692. The van der Waals surface area contributed by atoms with Gasteiger partial charge in [-0.1, -0.05) is 20.3 Å². The van der Waals surface area contributed by atoms with Crippen molar-refractivity contribution in [2.24, 2.45) is 5.73 Å². The number of hydrogen-bond donors (Lipinski definition) is 2. The molecule has 0 spiro atoms. The highest BCUT2D eigenvalue weighted by Gasteiger charge is 2.23. The van der Waals surface area contributed by atoms with E-state index in [1.165, 1.54) is 55.9 Å². The summed E-state index contributed by atoms with van der Waals surface area (Å²) in [6.07, 6.45) is 5.68. The van der Waals surface area contributed by atoms with Crippen LogP contribution in [0.4, 0.5) is 0 Å². The van der Waals surface area contributed by atoms with Crippen molar-refractivity contribution in [2.75, 3.05) is 46.8 Å². The number of thioether (sulfide) groups is 5. The highest BCUT2D eigenvalue weighted by atomic mass is 32.2. The molecule has 2 nitrogen and oxygen atoms in total. The van der Waals surface area contributed by atoms with Crippen LogP contribution in [-0.4, -0.2) is 46.8 Å². The molecule has 0 atom stereocenters. The molecule has 0 saturated heterocycles. The van der Waals surface area contributed by atoms with Crippen LogP contribution in [0.5, 0.6) is 0 Å². The van der Waals surface area contributed by atoms with Crippen molar-refractivity contribution >= 4 is 71.4 Å². The lowest BCUT2D eigenvalue weighted by Crippen LogP contribution is -2.03. The molecule has 1 rings (SSSR count). The molecule has 0 aliphatic heterocycles. The van der Waals surface area contributed by atoms with E-state index in [0.29, 0.717) is 6.54 Å². The first kappa shape index (κ1) is 29.8. The Labute approximate surface area is 217 Å². The first-order valence-corrected chi connectivity index (χ1v) is 16.9. The van der Waals surface area contributed by atoms with Gasteiger partial charge in [-0.3, -0.25) is 0 Å². The van der Waals surface area contributed by atoms with E-state index in [1.54, 1.807) is 0 Å². The Morgan fingerprint density at radius 3 is 2.00 bits per heavy atom. The second kappa shape index (κ2) is 19.1. The number of nitrogens with two attached hydrogens (primary N) is 1. The van der Waals surface area contributed by atoms with Crippen LogP contribution in [0.2, 0.25) is 0 Å². The number of nitriles is 1. The lowest BCUT2D eigenvalue weighted by atomic mass is 10.1. The van der Waals surface area contributed by atoms with E-state index in [1.807, 2.05) is 58.8 Å². The number of nitrogens with zero attached hydrogens (tertiary/aromatic N) is 1. The van der Waals surface area contributed by atoms with E-state index >= 15 is 0 Å². The van der Waals surface area contributed by atoms with Gasteiger partial charge in [0, 0.05) is 19.6 Å². The van der Waals surface area contributed by atoms with Gasteiger partial charge in [0.1, 0.15) is 6.07 Å². The van der Waals surface area contributed by atoms with Gasteiger partial charge < -0.3 is 5.73 Å². The smallest absolute Gasteiger partial charge is 0.101 e. The van der Waals surface area contributed by atoms with E-state index in [4.69, 9.17) is 5.73 Å². The molecule has 1 aromatic carbocycles. The zero-order valence-corrected chi connectivity index (χ0v) is 24.2. The number of unbranched alkanes of at least 4 members (excludes halogenated alkanes) is 1. The van der Waals surface area contributed by atoms with Gasteiger partial charge in [0.25, 0.3) is 0 Å². The molecule has 0 radical (unpaired) electrons. The molecule has 0 heterocycles. The van der Waals surface area contributed by atoms with Crippen LogP contribution < -0.4 is 5.73 Å². The lowest BCUT2D eigenvalue weighted by molar-refractivity contribution is 0.890. The molecule has 0 fully saturated rings.